The van der Waals surface area contributed by atoms with Crippen LogP contribution < -0.4 is 15.8 Å². The maximum Gasteiger partial charge on any atom is 0.255 e. The summed E-state index contributed by atoms with van der Waals surface area (Å²) in [6, 6.07) is 14.1. The molecule has 1 amide bonds. The number of nitrogens with one attached hydrogen (secondary N) is 1. The zero-order valence-corrected chi connectivity index (χ0v) is 11.6. The lowest BCUT2D eigenvalue weighted by Gasteiger charge is -2.10. The molecule has 0 saturated carbocycles. The summed E-state index contributed by atoms with van der Waals surface area (Å²) in [7, 11) is 0. The molecule has 3 N–H and O–H groups in total. The van der Waals surface area contributed by atoms with E-state index >= 15 is 0 Å². The molecule has 0 spiro atoms. The van der Waals surface area contributed by atoms with Gasteiger partial charge in [-0.25, -0.2) is 0 Å². The van der Waals surface area contributed by atoms with Crippen molar-refractivity contribution in [3.8, 4) is 5.75 Å². The van der Waals surface area contributed by atoms with Crippen molar-refractivity contribution in [1.82, 2.24) is 0 Å². The quantitative estimate of drug-likeness (QED) is 0.838. The summed E-state index contributed by atoms with van der Waals surface area (Å²) >= 11 is 0. The van der Waals surface area contributed by atoms with Crippen molar-refractivity contribution >= 4 is 17.3 Å². The van der Waals surface area contributed by atoms with Crippen molar-refractivity contribution in [2.45, 2.75) is 20.0 Å². The minimum Gasteiger partial charge on any atom is -0.491 e. The fourth-order valence-electron chi connectivity index (χ4n) is 1.77. The van der Waals surface area contributed by atoms with E-state index in [1.807, 2.05) is 38.1 Å². The predicted octanol–water partition coefficient (Wildman–Crippen LogP) is 3.31. The molecule has 0 saturated heterocycles. The molecule has 0 aromatic heterocycles. The molecule has 104 valence electrons. The number of nitrogen functional groups attached to an aromatic ring is 1. The zero-order chi connectivity index (χ0) is 14.5. The van der Waals surface area contributed by atoms with Gasteiger partial charge < -0.3 is 15.8 Å². The average molecular weight is 270 g/mol. The highest BCUT2D eigenvalue weighted by Crippen LogP contribution is 2.18. The fraction of sp³-hybridized carbons (Fsp3) is 0.188. The third-order valence-electron chi connectivity index (χ3n) is 2.63. The van der Waals surface area contributed by atoms with E-state index in [2.05, 4.69) is 5.32 Å². The molecule has 0 aliphatic heterocycles. The van der Waals surface area contributed by atoms with Gasteiger partial charge in [0.05, 0.1) is 6.10 Å². The van der Waals surface area contributed by atoms with Gasteiger partial charge in [0, 0.05) is 16.9 Å². The van der Waals surface area contributed by atoms with Gasteiger partial charge in [-0.2, -0.15) is 0 Å². The van der Waals surface area contributed by atoms with Gasteiger partial charge in [-0.05, 0) is 56.3 Å². The SMILES string of the molecule is CC(C)Oc1ccc(NC(=O)c2cccc(N)c2)cc1. The lowest BCUT2D eigenvalue weighted by Crippen LogP contribution is -2.12. The molecular formula is C16H18N2O2. The number of benzene rings is 2. The number of rotatable bonds is 4. The molecule has 2 aromatic carbocycles. The molecule has 0 unspecified atom stereocenters. The van der Waals surface area contributed by atoms with Crippen LogP contribution >= 0.6 is 0 Å². The average Bonchev–Trinajstić information content (AvgIpc) is 2.40. The second-order valence-electron chi connectivity index (χ2n) is 4.77. The Labute approximate surface area is 118 Å². The van der Waals surface area contributed by atoms with Crippen LogP contribution in [-0.4, -0.2) is 12.0 Å². The third-order valence-corrected chi connectivity index (χ3v) is 2.63. The van der Waals surface area contributed by atoms with Crippen molar-refractivity contribution < 1.29 is 9.53 Å². The Kier molecular flexibility index (Phi) is 4.25. The standard InChI is InChI=1S/C16H18N2O2/c1-11(2)20-15-8-6-14(7-9-15)18-16(19)12-4-3-5-13(17)10-12/h3-11H,17H2,1-2H3,(H,18,19). The molecule has 0 aliphatic carbocycles. The van der Waals surface area contributed by atoms with E-state index in [4.69, 9.17) is 10.5 Å². The Bertz CT molecular complexity index is 592. The molecule has 20 heavy (non-hydrogen) atoms. The van der Waals surface area contributed by atoms with E-state index < -0.39 is 0 Å². The van der Waals surface area contributed by atoms with Gasteiger partial charge in [0.2, 0.25) is 0 Å². The second-order valence-corrected chi connectivity index (χ2v) is 4.77. The Morgan fingerprint density at radius 2 is 1.85 bits per heavy atom. The van der Waals surface area contributed by atoms with E-state index in [9.17, 15) is 4.79 Å². The van der Waals surface area contributed by atoms with E-state index in [1.165, 1.54) is 0 Å². The zero-order valence-electron chi connectivity index (χ0n) is 11.6. The second kappa shape index (κ2) is 6.10. The van der Waals surface area contributed by atoms with Crippen LogP contribution in [0.25, 0.3) is 0 Å². The Morgan fingerprint density at radius 1 is 1.15 bits per heavy atom. The first-order valence-corrected chi connectivity index (χ1v) is 6.48. The maximum absolute atomic E-state index is 12.0. The topological polar surface area (TPSA) is 64.3 Å². The molecule has 0 aliphatic rings. The highest BCUT2D eigenvalue weighted by Gasteiger charge is 2.06. The summed E-state index contributed by atoms with van der Waals surface area (Å²) in [5.74, 6) is 0.594. The van der Waals surface area contributed by atoms with Gasteiger partial charge in [-0.1, -0.05) is 6.07 Å². The largest absolute Gasteiger partial charge is 0.491 e. The van der Waals surface area contributed by atoms with Crippen LogP contribution in [0.5, 0.6) is 5.75 Å². The number of hydrogen-bond donors (Lipinski definition) is 2. The first-order valence-electron chi connectivity index (χ1n) is 6.48. The Hall–Kier alpha value is -2.49. The normalized spacial score (nSPS) is 10.3. The first-order chi connectivity index (χ1) is 9.54. The Balaban J connectivity index is 2.04. The summed E-state index contributed by atoms with van der Waals surface area (Å²) in [5, 5.41) is 2.82. The molecule has 0 atom stereocenters. The lowest BCUT2D eigenvalue weighted by atomic mass is 10.2. The number of hydrogen-bond acceptors (Lipinski definition) is 3. The smallest absolute Gasteiger partial charge is 0.255 e. The first kappa shape index (κ1) is 13.9. The van der Waals surface area contributed by atoms with Crippen LogP contribution in [0.2, 0.25) is 0 Å². The van der Waals surface area contributed by atoms with Gasteiger partial charge in [0.15, 0.2) is 0 Å². The summed E-state index contributed by atoms with van der Waals surface area (Å²) in [6.07, 6.45) is 0.128. The number of amides is 1. The molecular weight excluding hydrogens is 252 g/mol. The fourth-order valence-corrected chi connectivity index (χ4v) is 1.77. The lowest BCUT2D eigenvalue weighted by molar-refractivity contribution is 0.102. The number of anilines is 2. The van der Waals surface area contributed by atoms with Crippen LogP contribution in [-0.2, 0) is 0 Å². The molecule has 0 radical (unpaired) electrons. The highest BCUT2D eigenvalue weighted by atomic mass is 16.5. The van der Waals surface area contributed by atoms with E-state index in [0.29, 0.717) is 16.9 Å². The molecule has 0 bridgehead atoms. The highest BCUT2D eigenvalue weighted by molar-refractivity contribution is 6.04. The summed E-state index contributed by atoms with van der Waals surface area (Å²) < 4.78 is 5.55. The minimum absolute atomic E-state index is 0.128. The van der Waals surface area contributed by atoms with Crippen LogP contribution in [0.1, 0.15) is 24.2 Å². The summed E-state index contributed by atoms with van der Waals surface area (Å²) in [6.45, 7) is 3.94. The number of nitrogens with two attached hydrogens (primary N) is 1. The van der Waals surface area contributed by atoms with Crippen LogP contribution in [0, 0.1) is 0 Å². The minimum atomic E-state index is -0.185. The van der Waals surface area contributed by atoms with E-state index in [0.717, 1.165) is 5.75 Å². The van der Waals surface area contributed by atoms with Crippen LogP contribution in [0.3, 0.4) is 0 Å². The van der Waals surface area contributed by atoms with Crippen molar-refractivity contribution in [3.05, 3.63) is 54.1 Å². The van der Waals surface area contributed by atoms with Crippen LogP contribution in [0.15, 0.2) is 48.5 Å². The number of carbonyl (C=O) groups is 1. The van der Waals surface area contributed by atoms with E-state index in [1.54, 1.807) is 24.3 Å². The number of ether oxygens (including phenoxy) is 1. The molecule has 0 heterocycles. The molecule has 2 aromatic rings. The molecule has 4 nitrogen and oxygen atoms in total. The van der Waals surface area contributed by atoms with Gasteiger partial charge in [0.25, 0.3) is 5.91 Å². The Morgan fingerprint density at radius 3 is 2.45 bits per heavy atom. The van der Waals surface area contributed by atoms with Crippen molar-refractivity contribution in [2.75, 3.05) is 11.1 Å². The third kappa shape index (κ3) is 3.75. The summed E-state index contributed by atoms with van der Waals surface area (Å²) in [5.41, 5.74) is 7.48. The molecule has 4 heteroatoms. The predicted molar refractivity (Wildman–Crippen MR) is 81.0 cm³/mol. The van der Waals surface area contributed by atoms with Gasteiger partial charge in [-0.15, -0.1) is 0 Å². The van der Waals surface area contributed by atoms with E-state index in [-0.39, 0.29) is 12.0 Å². The van der Waals surface area contributed by atoms with Gasteiger partial charge in [0.1, 0.15) is 5.75 Å². The van der Waals surface area contributed by atoms with Gasteiger partial charge in [-0.3, -0.25) is 4.79 Å². The molecule has 2 rings (SSSR count). The number of carbonyl (C=O) groups excluding carboxylic acids is 1. The molecule has 0 fully saturated rings. The van der Waals surface area contributed by atoms with Gasteiger partial charge >= 0.3 is 0 Å². The van der Waals surface area contributed by atoms with Crippen molar-refractivity contribution in [2.24, 2.45) is 0 Å². The van der Waals surface area contributed by atoms with Crippen molar-refractivity contribution in [3.63, 3.8) is 0 Å². The van der Waals surface area contributed by atoms with Crippen LogP contribution in [0.4, 0.5) is 11.4 Å². The van der Waals surface area contributed by atoms with Crippen molar-refractivity contribution in [1.29, 1.82) is 0 Å². The summed E-state index contributed by atoms with van der Waals surface area (Å²) in [4.78, 5) is 12.0. The monoisotopic (exact) mass is 270 g/mol. The maximum atomic E-state index is 12.0.